The Kier molecular flexibility index (Phi) is 5.16. The van der Waals surface area contributed by atoms with Gasteiger partial charge in [0.15, 0.2) is 9.84 Å². The van der Waals surface area contributed by atoms with Gasteiger partial charge in [0.05, 0.1) is 22.9 Å². The van der Waals surface area contributed by atoms with Gasteiger partial charge in [-0.1, -0.05) is 31.4 Å². The SMILES string of the molecule is Cc1cccc(-n2nc3c(c2NC(=O)C(=O)NC2CCCCC2)CS(=O)(=O)C3)c1. The number of aromatic nitrogens is 2. The number of carbonyl (C=O) groups excluding carboxylic acids is 2. The molecule has 0 radical (unpaired) electrons. The van der Waals surface area contributed by atoms with E-state index in [1.807, 2.05) is 31.2 Å². The van der Waals surface area contributed by atoms with Gasteiger partial charge >= 0.3 is 11.8 Å². The van der Waals surface area contributed by atoms with Crippen molar-refractivity contribution in [2.75, 3.05) is 5.32 Å². The second-order valence-electron chi connectivity index (χ2n) is 7.82. The van der Waals surface area contributed by atoms with E-state index in [4.69, 9.17) is 0 Å². The quantitative estimate of drug-likeness (QED) is 0.744. The first-order chi connectivity index (χ1) is 13.8. The minimum atomic E-state index is -3.30. The summed E-state index contributed by atoms with van der Waals surface area (Å²) in [6.45, 7) is 1.93. The molecule has 1 aliphatic carbocycles. The molecule has 1 aliphatic heterocycles. The Balaban J connectivity index is 1.61. The first kappa shape index (κ1) is 19.6. The van der Waals surface area contributed by atoms with Crippen molar-refractivity contribution in [2.24, 2.45) is 0 Å². The number of aryl methyl sites for hydroxylation is 1. The minimum Gasteiger partial charge on any atom is -0.345 e. The zero-order chi connectivity index (χ0) is 20.6. The van der Waals surface area contributed by atoms with Crippen molar-refractivity contribution in [3.63, 3.8) is 0 Å². The van der Waals surface area contributed by atoms with Crippen LogP contribution in [0.15, 0.2) is 24.3 Å². The van der Waals surface area contributed by atoms with Crippen LogP contribution in [-0.2, 0) is 30.9 Å². The van der Waals surface area contributed by atoms with Gasteiger partial charge in [-0.15, -0.1) is 0 Å². The number of rotatable bonds is 3. The van der Waals surface area contributed by atoms with Crippen LogP contribution in [0.2, 0.25) is 0 Å². The lowest BCUT2D eigenvalue weighted by Crippen LogP contribution is -2.42. The number of nitrogens with one attached hydrogen (secondary N) is 2. The fourth-order valence-corrected chi connectivity index (χ4v) is 5.47. The molecule has 2 aromatic rings. The molecule has 1 saturated carbocycles. The average molecular weight is 417 g/mol. The van der Waals surface area contributed by atoms with Crippen molar-refractivity contribution in [1.82, 2.24) is 15.1 Å². The van der Waals surface area contributed by atoms with Crippen LogP contribution >= 0.6 is 0 Å². The fraction of sp³-hybridized carbons (Fsp3) is 0.450. The first-order valence-electron chi connectivity index (χ1n) is 9.82. The highest BCUT2D eigenvalue weighted by molar-refractivity contribution is 7.90. The van der Waals surface area contributed by atoms with Crippen LogP contribution < -0.4 is 10.6 Å². The predicted molar refractivity (Wildman–Crippen MR) is 108 cm³/mol. The Labute approximate surface area is 169 Å². The lowest BCUT2D eigenvalue weighted by molar-refractivity contribution is -0.136. The van der Waals surface area contributed by atoms with Gasteiger partial charge < -0.3 is 10.6 Å². The van der Waals surface area contributed by atoms with E-state index in [-0.39, 0.29) is 23.4 Å². The van der Waals surface area contributed by atoms with Gasteiger partial charge in [0.1, 0.15) is 5.82 Å². The molecule has 0 bridgehead atoms. The molecular formula is C20H24N4O4S. The number of hydrogen-bond donors (Lipinski definition) is 2. The van der Waals surface area contributed by atoms with Crippen molar-refractivity contribution in [1.29, 1.82) is 0 Å². The molecule has 4 rings (SSSR count). The van der Waals surface area contributed by atoms with Gasteiger partial charge in [-0.2, -0.15) is 5.10 Å². The van der Waals surface area contributed by atoms with Gasteiger partial charge in [-0.05, 0) is 37.5 Å². The molecule has 9 heteroatoms. The van der Waals surface area contributed by atoms with Crippen LogP contribution in [0.5, 0.6) is 0 Å². The fourth-order valence-electron chi connectivity index (χ4n) is 3.98. The third kappa shape index (κ3) is 4.19. The van der Waals surface area contributed by atoms with Crippen molar-refractivity contribution in [2.45, 2.75) is 56.6 Å². The summed E-state index contributed by atoms with van der Waals surface area (Å²) < 4.78 is 25.6. The Morgan fingerprint density at radius 1 is 1.10 bits per heavy atom. The molecule has 1 fully saturated rings. The molecule has 0 atom stereocenters. The van der Waals surface area contributed by atoms with Crippen molar-refractivity contribution < 1.29 is 18.0 Å². The molecule has 1 aromatic carbocycles. The Hall–Kier alpha value is -2.68. The molecule has 0 unspecified atom stereocenters. The normalized spacial score (nSPS) is 18.2. The number of nitrogens with zero attached hydrogens (tertiary/aromatic N) is 2. The standard InChI is InChI=1S/C20H24N4O4S/c1-13-6-5-9-15(10-13)24-18(16-11-29(27,28)12-17(16)23-24)22-20(26)19(25)21-14-7-3-2-4-8-14/h5-6,9-10,14H,2-4,7-8,11-12H2,1H3,(H,21,25)(H,22,26). The van der Waals surface area contributed by atoms with Gasteiger partial charge in [0, 0.05) is 11.6 Å². The van der Waals surface area contributed by atoms with Crippen LogP contribution in [0.1, 0.15) is 48.9 Å². The molecular weight excluding hydrogens is 392 g/mol. The molecule has 1 aromatic heterocycles. The molecule has 2 N–H and O–H groups in total. The highest BCUT2D eigenvalue weighted by Gasteiger charge is 2.34. The third-order valence-electron chi connectivity index (χ3n) is 5.41. The minimum absolute atomic E-state index is 0.00905. The summed E-state index contributed by atoms with van der Waals surface area (Å²) in [5, 5.41) is 9.82. The topological polar surface area (TPSA) is 110 Å². The van der Waals surface area contributed by atoms with Crippen molar-refractivity contribution in [3.05, 3.63) is 41.1 Å². The van der Waals surface area contributed by atoms with Crippen LogP contribution in [0, 0.1) is 6.92 Å². The molecule has 0 saturated heterocycles. The lowest BCUT2D eigenvalue weighted by atomic mass is 9.95. The van der Waals surface area contributed by atoms with Crippen molar-refractivity contribution >= 4 is 27.5 Å². The van der Waals surface area contributed by atoms with Crippen LogP contribution in [0.25, 0.3) is 5.69 Å². The Morgan fingerprint density at radius 2 is 1.86 bits per heavy atom. The molecule has 8 nitrogen and oxygen atoms in total. The number of amides is 2. The van der Waals surface area contributed by atoms with Gasteiger partial charge in [-0.25, -0.2) is 13.1 Å². The lowest BCUT2D eigenvalue weighted by Gasteiger charge is -2.22. The second-order valence-corrected chi connectivity index (χ2v) is 9.88. The summed E-state index contributed by atoms with van der Waals surface area (Å²) in [5.74, 6) is -1.64. The Bertz CT molecular complexity index is 1070. The summed E-state index contributed by atoms with van der Waals surface area (Å²) in [6.07, 6.45) is 4.97. The van der Waals surface area contributed by atoms with Crippen LogP contribution in [0.3, 0.4) is 0 Å². The number of fused-ring (bicyclic) bond motifs is 1. The number of hydrogen-bond acceptors (Lipinski definition) is 5. The molecule has 2 aliphatic rings. The van der Waals surface area contributed by atoms with Crippen LogP contribution in [0.4, 0.5) is 5.82 Å². The maximum atomic E-state index is 12.6. The predicted octanol–water partition coefficient (Wildman–Crippen LogP) is 2.00. The molecule has 154 valence electrons. The van der Waals surface area contributed by atoms with E-state index in [1.54, 1.807) is 0 Å². The van der Waals surface area contributed by atoms with E-state index in [9.17, 15) is 18.0 Å². The first-order valence-corrected chi connectivity index (χ1v) is 11.6. The van der Waals surface area contributed by atoms with E-state index in [0.29, 0.717) is 16.9 Å². The van der Waals surface area contributed by atoms with E-state index in [0.717, 1.165) is 37.7 Å². The third-order valence-corrected chi connectivity index (χ3v) is 6.85. The smallest absolute Gasteiger partial charge is 0.314 e. The largest absolute Gasteiger partial charge is 0.345 e. The van der Waals surface area contributed by atoms with E-state index >= 15 is 0 Å². The summed E-state index contributed by atoms with van der Waals surface area (Å²) in [6, 6.07) is 7.50. The summed E-state index contributed by atoms with van der Waals surface area (Å²) in [4.78, 5) is 25.0. The summed E-state index contributed by atoms with van der Waals surface area (Å²) in [5.41, 5.74) is 2.55. The number of anilines is 1. The number of benzene rings is 1. The zero-order valence-corrected chi connectivity index (χ0v) is 17.1. The summed E-state index contributed by atoms with van der Waals surface area (Å²) in [7, 11) is -3.30. The van der Waals surface area contributed by atoms with E-state index in [2.05, 4.69) is 15.7 Å². The summed E-state index contributed by atoms with van der Waals surface area (Å²) >= 11 is 0. The molecule has 29 heavy (non-hydrogen) atoms. The van der Waals surface area contributed by atoms with Gasteiger partial charge in [-0.3, -0.25) is 9.59 Å². The molecule has 2 amide bonds. The molecule has 0 spiro atoms. The van der Waals surface area contributed by atoms with E-state index in [1.165, 1.54) is 4.68 Å². The maximum absolute atomic E-state index is 12.6. The van der Waals surface area contributed by atoms with Gasteiger partial charge in [0.25, 0.3) is 0 Å². The highest BCUT2D eigenvalue weighted by Crippen LogP contribution is 2.33. The van der Waals surface area contributed by atoms with Crippen molar-refractivity contribution in [3.8, 4) is 5.69 Å². The zero-order valence-electron chi connectivity index (χ0n) is 16.3. The average Bonchev–Trinajstić information content (AvgIpc) is 3.15. The highest BCUT2D eigenvalue weighted by atomic mass is 32.2. The molecule has 2 heterocycles. The van der Waals surface area contributed by atoms with E-state index < -0.39 is 21.7 Å². The second kappa shape index (κ2) is 7.62. The number of carbonyl (C=O) groups is 2. The monoisotopic (exact) mass is 416 g/mol. The number of sulfone groups is 1. The Morgan fingerprint density at radius 3 is 2.59 bits per heavy atom. The maximum Gasteiger partial charge on any atom is 0.314 e. The van der Waals surface area contributed by atoms with Gasteiger partial charge in [0.2, 0.25) is 0 Å². The van der Waals surface area contributed by atoms with Crippen LogP contribution in [-0.4, -0.2) is 36.1 Å².